The van der Waals surface area contributed by atoms with Crippen LogP contribution in [0.1, 0.15) is 17.8 Å². The third-order valence-electron chi connectivity index (χ3n) is 3.05. The highest BCUT2D eigenvalue weighted by molar-refractivity contribution is 9.11. The van der Waals surface area contributed by atoms with Crippen molar-refractivity contribution in [2.75, 3.05) is 7.05 Å². The van der Waals surface area contributed by atoms with Crippen LogP contribution >= 0.6 is 43.2 Å². The molecule has 1 aromatic carbocycles. The van der Waals surface area contributed by atoms with Gasteiger partial charge in [0.1, 0.15) is 0 Å². The third kappa shape index (κ3) is 3.17. The summed E-state index contributed by atoms with van der Waals surface area (Å²) in [6.45, 7) is 1.88. The predicted octanol–water partition coefficient (Wildman–Crippen LogP) is 4.65. The maximum absolute atomic E-state index is 12.7. The zero-order valence-corrected chi connectivity index (χ0v) is 15.7. The molecule has 2 aromatic rings. The van der Waals surface area contributed by atoms with Crippen LogP contribution in [0.3, 0.4) is 0 Å². The Balaban J connectivity index is 2.42. The van der Waals surface area contributed by atoms with Gasteiger partial charge in [-0.15, -0.1) is 11.3 Å². The lowest BCUT2D eigenvalue weighted by Crippen LogP contribution is -2.29. The minimum Gasteiger partial charge on any atom is -0.207 e. The van der Waals surface area contributed by atoms with Gasteiger partial charge in [0.05, 0.1) is 10.9 Å². The lowest BCUT2D eigenvalue weighted by atomic mass is 10.3. The molecule has 0 fully saturated rings. The van der Waals surface area contributed by atoms with Crippen molar-refractivity contribution in [2.45, 2.75) is 17.9 Å². The summed E-state index contributed by atoms with van der Waals surface area (Å²) in [5.41, 5.74) is 0. The minimum atomic E-state index is -3.55. The molecule has 0 aliphatic heterocycles. The second-order valence-corrected chi connectivity index (χ2v) is 9.00. The molecular formula is C13H13Br2NO2S2. The van der Waals surface area contributed by atoms with E-state index in [1.54, 1.807) is 36.6 Å². The van der Waals surface area contributed by atoms with Crippen LogP contribution < -0.4 is 0 Å². The van der Waals surface area contributed by atoms with E-state index >= 15 is 0 Å². The molecule has 1 heterocycles. The summed E-state index contributed by atoms with van der Waals surface area (Å²) in [6.07, 6.45) is 0. The van der Waals surface area contributed by atoms with Gasteiger partial charge in [-0.1, -0.05) is 22.0 Å². The number of benzene rings is 1. The standard InChI is InChI=1S/C13H13Br2NO2S2/c1-9(12-4-3-7-19-12)16(2)20(17,18)13-8-10(14)5-6-11(13)15/h3-9H,1-2H3. The van der Waals surface area contributed by atoms with Gasteiger partial charge in [-0.05, 0) is 52.5 Å². The maximum atomic E-state index is 12.7. The number of nitrogens with zero attached hydrogens (tertiary/aromatic N) is 1. The summed E-state index contributed by atoms with van der Waals surface area (Å²) in [5.74, 6) is 0. The van der Waals surface area contributed by atoms with Crippen LogP contribution in [-0.4, -0.2) is 19.8 Å². The third-order valence-corrected chi connectivity index (χ3v) is 7.51. The quantitative estimate of drug-likeness (QED) is 0.696. The van der Waals surface area contributed by atoms with E-state index in [0.29, 0.717) is 4.47 Å². The van der Waals surface area contributed by atoms with Crippen LogP contribution in [0.4, 0.5) is 0 Å². The number of sulfonamides is 1. The molecule has 0 bridgehead atoms. The molecule has 1 atom stereocenters. The molecule has 3 nitrogen and oxygen atoms in total. The van der Waals surface area contributed by atoms with Gasteiger partial charge in [-0.25, -0.2) is 8.42 Å². The highest BCUT2D eigenvalue weighted by Crippen LogP contribution is 2.32. The van der Waals surface area contributed by atoms with E-state index in [0.717, 1.165) is 9.35 Å². The summed E-state index contributed by atoms with van der Waals surface area (Å²) < 4.78 is 28.1. The monoisotopic (exact) mass is 437 g/mol. The first-order valence-corrected chi connectivity index (χ1v) is 9.71. The molecule has 0 aliphatic carbocycles. The Hall–Kier alpha value is -0.210. The van der Waals surface area contributed by atoms with E-state index in [9.17, 15) is 8.42 Å². The maximum Gasteiger partial charge on any atom is 0.244 e. The first-order chi connectivity index (χ1) is 9.34. The Morgan fingerprint density at radius 3 is 2.55 bits per heavy atom. The molecule has 0 saturated heterocycles. The zero-order chi connectivity index (χ0) is 14.9. The van der Waals surface area contributed by atoms with E-state index < -0.39 is 10.0 Å². The van der Waals surface area contributed by atoms with E-state index in [2.05, 4.69) is 31.9 Å². The van der Waals surface area contributed by atoms with Gasteiger partial charge in [-0.3, -0.25) is 0 Å². The van der Waals surface area contributed by atoms with Gasteiger partial charge in [-0.2, -0.15) is 4.31 Å². The molecule has 0 N–H and O–H groups in total. The first kappa shape index (κ1) is 16.2. The average molecular weight is 439 g/mol. The van der Waals surface area contributed by atoms with Gasteiger partial charge in [0.25, 0.3) is 0 Å². The van der Waals surface area contributed by atoms with Crippen molar-refractivity contribution in [3.8, 4) is 0 Å². The van der Waals surface area contributed by atoms with Crippen LogP contribution in [0.5, 0.6) is 0 Å². The SMILES string of the molecule is CC(c1cccs1)N(C)S(=O)(=O)c1cc(Br)ccc1Br. The van der Waals surface area contributed by atoms with Crippen LogP contribution in [0.15, 0.2) is 49.6 Å². The number of thiophene rings is 1. The van der Waals surface area contributed by atoms with E-state index in [4.69, 9.17) is 0 Å². The molecule has 0 spiro atoms. The second-order valence-electron chi connectivity index (χ2n) is 4.29. The average Bonchev–Trinajstić information content (AvgIpc) is 2.93. The van der Waals surface area contributed by atoms with Crippen LogP contribution in [0, 0.1) is 0 Å². The van der Waals surface area contributed by atoms with Crippen molar-refractivity contribution in [1.82, 2.24) is 4.31 Å². The molecule has 108 valence electrons. The number of halogens is 2. The summed E-state index contributed by atoms with van der Waals surface area (Å²) in [5, 5.41) is 1.95. The topological polar surface area (TPSA) is 37.4 Å². The molecule has 0 saturated carbocycles. The van der Waals surface area contributed by atoms with Crippen molar-refractivity contribution < 1.29 is 8.42 Å². The van der Waals surface area contributed by atoms with Gasteiger partial charge in [0.2, 0.25) is 10.0 Å². The normalized spacial score (nSPS) is 13.7. The summed E-state index contributed by atoms with van der Waals surface area (Å²) in [4.78, 5) is 1.28. The zero-order valence-electron chi connectivity index (χ0n) is 10.9. The van der Waals surface area contributed by atoms with E-state index in [-0.39, 0.29) is 10.9 Å². The van der Waals surface area contributed by atoms with Crippen LogP contribution in [0.2, 0.25) is 0 Å². The van der Waals surface area contributed by atoms with Gasteiger partial charge in [0, 0.05) is 20.9 Å². The van der Waals surface area contributed by atoms with Crippen LogP contribution in [0.25, 0.3) is 0 Å². The fourth-order valence-electron chi connectivity index (χ4n) is 1.75. The van der Waals surface area contributed by atoms with Crippen molar-refractivity contribution in [2.24, 2.45) is 0 Å². The molecule has 0 aliphatic rings. The molecule has 1 unspecified atom stereocenters. The van der Waals surface area contributed by atoms with Gasteiger partial charge in [0.15, 0.2) is 0 Å². The Labute approximate surface area is 139 Å². The van der Waals surface area contributed by atoms with Crippen molar-refractivity contribution >= 4 is 53.2 Å². The largest absolute Gasteiger partial charge is 0.244 e. The number of rotatable bonds is 4. The summed E-state index contributed by atoms with van der Waals surface area (Å²) in [7, 11) is -1.95. The first-order valence-electron chi connectivity index (χ1n) is 5.80. The van der Waals surface area contributed by atoms with Gasteiger partial charge < -0.3 is 0 Å². The molecule has 7 heteroatoms. The van der Waals surface area contributed by atoms with Crippen molar-refractivity contribution in [3.63, 3.8) is 0 Å². The Morgan fingerprint density at radius 2 is 1.95 bits per heavy atom. The highest BCUT2D eigenvalue weighted by Gasteiger charge is 2.28. The minimum absolute atomic E-state index is 0.203. The summed E-state index contributed by atoms with van der Waals surface area (Å²) >= 11 is 8.17. The Morgan fingerprint density at radius 1 is 1.25 bits per heavy atom. The lowest BCUT2D eigenvalue weighted by molar-refractivity contribution is 0.402. The predicted molar refractivity (Wildman–Crippen MR) is 89.5 cm³/mol. The van der Waals surface area contributed by atoms with Crippen LogP contribution in [-0.2, 0) is 10.0 Å². The molecule has 0 radical (unpaired) electrons. The smallest absolute Gasteiger partial charge is 0.207 e. The fraction of sp³-hybridized carbons (Fsp3) is 0.231. The molecular weight excluding hydrogens is 426 g/mol. The molecule has 2 rings (SSSR count). The molecule has 0 amide bonds. The summed E-state index contributed by atoms with van der Waals surface area (Å²) in [6, 6.07) is 8.79. The van der Waals surface area contributed by atoms with E-state index in [1.807, 2.05) is 24.4 Å². The fourth-order valence-corrected chi connectivity index (χ4v) is 5.44. The molecule has 20 heavy (non-hydrogen) atoms. The number of hydrogen-bond acceptors (Lipinski definition) is 3. The van der Waals surface area contributed by atoms with E-state index in [1.165, 1.54) is 4.31 Å². The van der Waals surface area contributed by atoms with Crippen molar-refractivity contribution in [3.05, 3.63) is 49.5 Å². The number of hydrogen-bond donors (Lipinski definition) is 0. The Bertz CT molecular complexity index is 699. The highest BCUT2D eigenvalue weighted by atomic mass is 79.9. The van der Waals surface area contributed by atoms with Gasteiger partial charge >= 0.3 is 0 Å². The Kier molecular flexibility index (Phi) is 5.07. The van der Waals surface area contributed by atoms with Crippen molar-refractivity contribution in [1.29, 1.82) is 0 Å². The second kappa shape index (κ2) is 6.27. The molecule has 1 aromatic heterocycles. The lowest BCUT2D eigenvalue weighted by Gasteiger charge is -2.24.